The standard InChI is InChI=1S/C16H21N3OS/c1-11(2)13(12-6-4-3-5-7-12)9-18-16(20)14-10-21-15(8-17)19-14/h3-7,10-11,13H,8-9,17H2,1-2H3,(H,18,20). The lowest BCUT2D eigenvalue weighted by Gasteiger charge is -2.21. The molecule has 2 rings (SSSR count). The summed E-state index contributed by atoms with van der Waals surface area (Å²) in [7, 11) is 0. The van der Waals surface area contributed by atoms with Crippen molar-refractivity contribution in [3.8, 4) is 0 Å². The molecule has 0 spiro atoms. The number of nitrogens with two attached hydrogens (primary N) is 1. The van der Waals surface area contributed by atoms with Crippen LogP contribution in [0.5, 0.6) is 0 Å². The number of hydrogen-bond donors (Lipinski definition) is 2. The molecule has 2 aromatic rings. The van der Waals surface area contributed by atoms with Crippen LogP contribution in [0, 0.1) is 5.92 Å². The van der Waals surface area contributed by atoms with Gasteiger partial charge in [-0.1, -0.05) is 44.2 Å². The van der Waals surface area contributed by atoms with E-state index < -0.39 is 0 Å². The molecular formula is C16H21N3OS. The zero-order valence-corrected chi connectivity index (χ0v) is 13.2. The van der Waals surface area contributed by atoms with E-state index >= 15 is 0 Å². The molecular weight excluding hydrogens is 282 g/mol. The number of hydrogen-bond acceptors (Lipinski definition) is 4. The molecule has 0 radical (unpaired) electrons. The quantitative estimate of drug-likeness (QED) is 0.862. The van der Waals surface area contributed by atoms with Crippen LogP contribution in [0.15, 0.2) is 35.7 Å². The molecule has 0 aliphatic heterocycles. The second kappa shape index (κ2) is 7.33. The number of benzene rings is 1. The SMILES string of the molecule is CC(C)C(CNC(=O)c1csc(CN)n1)c1ccccc1. The number of amides is 1. The van der Waals surface area contributed by atoms with Crippen molar-refractivity contribution >= 4 is 17.2 Å². The molecule has 1 heterocycles. The van der Waals surface area contributed by atoms with Crippen molar-refractivity contribution in [3.63, 3.8) is 0 Å². The van der Waals surface area contributed by atoms with Gasteiger partial charge >= 0.3 is 0 Å². The fourth-order valence-electron chi connectivity index (χ4n) is 2.24. The Balaban J connectivity index is 2.00. The Morgan fingerprint density at radius 3 is 2.62 bits per heavy atom. The third-order valence-corrected chi connectivity index (χ3v) is 4.35. The highest BCUT2D eigenvalue weighted by molar-refractivity contribution is 7.09. The Labute approximate surface area is 129 Å². The molecule has 4 nitrogen and oxygen atoms in total. The van der Waals surface area contributed by atoms with Gasteiger partial charge in [-0.25, -0.2) is 4.98 Å². The van der Waals surface area contributed by atoms with E-state index in [2.05, 4.69) is 36.3 Å². The average molecular weight is 303 g/mol. The van der Waals surface area contributed by atoms with E-state index in [1.807, 2.05) is 18.2 Å². The minimum absolute atomic E-state index is 0.132. The zero-order chi connectivity index (χ0) is 15.2. The van der Waals surface area contributed by atoms with Crippen LogP contribution < -0.4 is 11.1 Å². The molecule has 1 atom stereocenters. The van der Waals surface area contributed by atoms with E-state index in [1.165, 1.54) is 16.9 Å². The summed E-state index contributed by atoms with van der Waals surface area (Å²) in [5.74, 6) is 0.609. The minimum atomic E-state index is -0.132. The Morgan fingerprint density at radius 1 is 1.33 bits per heavy atom. The molecule has 1 amide bonds. The fourth-order valence-corrected chi connectivity index (χ4v) is 2.90. The van der Waals surface area contributed by atoms with Crippen molar-refractivity contribution in [2.45, 2.75) is 26.3 Å². The summed E-state index contributed by atoms with van der Waals surface area (Å²) in [5, 5.41) is 5.52. The Hall–Kier alpha value is -1.72. The topological polar surface area (TPSA) is 68.0 Å². The van der Waals surface area contributed by atoms with Gasteiger partial charge in [0, 0.05) is 24.4 Å². The predicted octanol–water partition coefficient (Wildman–Crippen LogP) is 2.77. The molecule has 0 saturated heterocycles. The van der Waals surface area contributed by atoms with Crippen molar-refractivity contribution in [2.75, 3.05) is 6.54 Å². The summed E-state index contributed by atoms with van der Waals surface area (Å²) in [6.07, 6.45) is 0. The normalized spacial score (nSPS) is 12.4. The van der Waals surface area contributed by atoms with Gasteiger partial charge in [-0.3, -0.25) is 4.79 Å². The number of carbonyl (C=O) groups is 1. The molecule has 0 aliphatic rings. The monoisotopic (exact) mass is 303 g/mol. The number of rotatable bonds is 6. The van der Waals surface area contributed by atoms with Crippen LogP contribution in [-0.4, -0.2) is 17.4 Å². The van der Waals surface area contributed by atoms with Crippen molar-refractivity contribution < 1.29 is 4.79 Å². The van der Waals surface area contributed by atoms with E-state index in [0.29, 0.717) is 30.6 Å². The maximum absolute atomic E-state index is 12.1. The third-order valence-electron chi connectivity index (χ3n) is 3.47. The zero-order valence-electron chi connectivity index (χ0n) is 12.4. The van der Waals surface area contributed by atoms with Crippen LogP contribution in [0.2, 0.25) is 0 Å². The van der Waals surface area contributed by atoms with E-state index in [-0.39, 0.29) is 5.91 Å². The third kappa shape index (κ3) is 4.12. The van der Waals surface area contributed by atoms with E-state index in [9.17, 15) is 4.79 Å². The van der Waals surface area contributed by atoms with Crippen LogP contribution in [-0.2, 0) is 6.54 Å². The Morgan fingerprint density at radius 2 is 2.05 bits per heavy atom. The van der Waals surface area contributed by atoms with Gasteiger partial charge in [-0.2, -0.15) is 0 Å². The summed E-state index contributed by atoms with van der Waals surface area (Å²) >= 11 is 1.42. The average Bonchev–Trinajstić information content (AvgIpc) is 2.97. The smallest absolute Gasteiger partial charge is 0.270 e. The van der Waals surface area contributed by atoms with Crippen molar-refractivity contribution in [2.24, 2.45) is 11.7 Å². The fraction of sp³-hybridized carbons (Fsp3) is 0.375. The van der Waals surface area contributed by atoms with Gasteiger partial charge in [0.15, 0.2) is 0 Å². The first-order valence-electron chi connectivity index (χ1n) is 7.09. The molecule has 1 unspecified atom stereocenters. The largest absolute Gasteiger partial charge is 0.350 e. The number of thiazole rings is 1. The summed E-state index contributed by atoms with van der Waals surface area (Å²) in [6.45, 7) is 5.31. The van der Waals surface area contributed by atoms with Crippen LogP contribution >= 0.6 is 11.3 Å². The van der Waals surface area contributed by atoms with Gasteiger partial charge in [0.25, 0.3) is 5.91 Å². The first kappa shape index (κ1) is 15.7. The maximum Gasteiger partial charge on any atom is 0.270 e. The molecule has 1 aromatic heterocycles. The molecule has 0 fully saturated rings. The first-order valence-corrected chi connectivity index (χ1v) is 7.97. The van der Waals surface area contributed by atoms with Crippen molar-refractivity contribution in [1.29, 1.82) is 0 Å². The van der Waals surface area contributed by atoms with Crippen LogP contribution in [0.3, 0.4) is 0 Å². The Kier molecular flexibility index (Phi) is 5.47. The van der Waals surface area contributed by atoms with Crippen molar-refractivity contribution in [3.05, 3.63) is 52.0 Å². The highest BCUT2D eigenvalue weighted by Gasteiger charge is 2.18. The van der Waals surface area contributed by atoms with Gasteiger partial charge in [-0.15, -0.1) is 11.3 Å². The lowest BCUT2D eigenvalue weighted by molar-refractivity contribution is 0.0944. The summed E-state index contributed by atoms with van der Waals surface area (Å²) in [5.41, 5.74) is 7.22. The van der Waals surface area contributed by atoms with E-state index in [0.717, 1.165) is 5.01 Å². The summed E-state index contributed by atoms with van der Waals surface area (Å²) < 4.78 is 0. The highest BCUT2D eigenvalue weighted by Crippen LogP contribution is 2.23. The van der Waals surface area contributed by atoms with Gasteiger partial charge < -0.3 is 11.1 Å². The number of carbonyl (C=O) groups excluding carboxylic acids is 1. The molecule has 0 aliphatic carbocycles. The molecule has 5 heteroatoms. The molecule has 3 N–H and O–H groups in total. The highest BCUT2D eigenvalue weighted by atomic mass is 32.1. The van der Waals surface area contributed by atoms with E-state index in [4.69, 9.17) is 5.73 Å². The van der Waals surface area contributed by atoms with E-state index in [1.54, 1.807) is 5.38 Å². The minimum Gasteiger partial charge on any atom is -0.350 e. The number of nitrogens with one attached hydrogen (secondary N) is 1. The summed E-state index contributed by atoms with van der Waals surface area (Å²) in [4.78, 5) is 16.3. The van der Waals surface area contributed by atoms with Crippen molar-refractivity contribution in [1.82, 2.24) is 10.3 Å². The second-order valence-corrected chi connectivity index (χ2v) is 6.24. The van der Waals surface area contributed by atoms with Crippen LogP contribution in [0.25, 0.3) is 0 Å². The lowest BCUT2D eigenvalue weighted by atomic mass is 9.88. The molecule has 0 bridgehead atoms. The maximum atomic E-state index is 12.1. The lowest BCUT2D eigenvalue weighted by Crippen LogP contribution is -2.30. The molecule has 0 saturated carbocycles. The van der Waals surface area contributed by atoms with Crippen LogP contribution in [0.1, 0.15) is 40.8 Å². The van der Waals surface area contributed by atoms with Gasteiger partial charge in [-0.05, 0) is 11.5 Å². The van der Waals surface area contributed by atoms with Gasteiger partial charge in [0.2, 0.25) is 0 Å². The number of aromatic nitrogens is 1. The first-order chi connectivity index (χ1) is 10.1. The summed E-state index contributed by atoms with van der Waals surface area (Å²) in [6, 6.07) is 10.3. The van der Waals surface area contributed by atoms with Crippen LogP contribution in [0.4, 0.5) is 0 Å². The molecule has 21 heavy (non-hydrogen) atoms. The predicted molar refractivity (Wildman–Crippen MR) is 86.4 cm³/mol. The Bertz CT molecular complexity index is 580. The number of nitrogens with zero attached hydrogens (tertiary/aromatic N) is 1. The molecule has 112 valence electrons. The van der Waals surface area contributed by atoms with Gasteiger partial charge in [0.05, 0.1) is 0 Å². The van der Waals surface area contributed by atoms with Gasteiger partial charge in [0.1, 0.15) is 10.7 Å². The molecule has 1 aromatic carbocycles. The second-order valence-electron chi connectivity index (χ2n) is 5.30.